The Bertz CT molecular complexity index is 829. The number of benzene rings is 1. The largest absolute Gasteiger partial charge is 0.344 e. The van der Waals surface area contributed by atoms with E-state index >= 15 is 0 Å². The molecule has 1 aromatic heterocycles. The van der Waals surface area contributed by atoms with Crippen molar-refractivity contribution in [2.45, 2.75) is 13.5 Å². The van der Waals surface area contributed by atoms with E-state index in [0.29, 0.717) is 28.0 Å². The molecule has 0 aliphatic carbocycles. The van der Waals surface area contributed by atoms with Crippen molar-refractivity contribution in [3.8, 4) is 0 Å². The average molecular weight is 366 g/mol. The molecule has 0 atom stereocenters. The van der Waals surface area contributed by atoms with E-state index in [0.717, 1.165) is 10.6 Å². The maximum absolute atomic E-state index is 11.5. The SMILES string of the molecule is Cc1nn(Cc2ccc(Cl)cc2)c(Cl)c1/C=N/N1CC(=O)NC1=O. The van der Waals surface area contributed by atoms with E-state index in [1.54, 1.807) is 23.7 Å². The van der Waals surface area contributed by atoms with Crippen LogP contribution in [-0.4, -0.2) is 39.5 Å². The Balaban J connectivity index is 1.80. The molecule has 7 nitrogen and oxygen atoms in total. The highest BCUT2D eigenvalue weighted by molar-refractivity contribution is 6.32. The minimum Gasteiger partial charge on any atom is -0.275 e. The van der Waals surface area contributed by atoms with Crippen LogP contribution in [0.15, 0.2) is 29.4 Å². The monoisotopic (exact) mass is 365 g/mol. The number of hydrogen-bond acceptors (Lipinski definition) is 4. The third kappa shape index (κ3) is 3.42. The highest BCUT2D eigenvalue weighted by Crippen LogP contribution is 2.20. The lowest BCUT2D eigenvalue weighted by molar-refractivity contribution is -0.118. The number of rotatable bonds is 4. The molecule has 1 aliphatic rings. The molecule has 0 unspecified atom stereocenters. The first-order valence-corrected chi connectivity index (χ1v) is 7.82. The topological polar surface area (TPSA) is 79.6 Å². The molecule has 24 heavy (non-hydrogen) atoms. The first-order valence-electron chi connectivity index (χ1n) is 7.06. The zero-order valence-corrected chi connectivity index (χ0v) is 14.2. The fourth-order valence-electron chi connectivity index (χ4n) is 2.23. The molecule has 0 spiro atoms. The number of aromatic nitrogens is 2. The van der Waals surface area contributed by atoms with Crippen LogP contribution in [0, 0.1) is 6.92 Å². The summed E-state index contributed by atoms with van der Waals surface area (Å²) >= 11 is 12.2. The van der Waals surface area contributed by atoms with Gasteiger partial charge in [0.25, 0.3) is 0 Å². The van der Waals surface area contributed by atoms with Crippen LogP contribution in [0.4, 0.5) is 4.79 Å². The molecule has 9 heteroatoms. The Morgan fingerprint density at radius 2 is 2.00 bits per heavy atom. The molecular formula is C15H13Cl2N5O2. The first-order chi connectivity index (χ1) is 11.4. The number of carbonyl (C=O) groups excluding carboxylic acids is 2. The minimum atomic E-state index is -0.557. The van der Waals surface area contributed by atoms with Gasteiger partial charge in [0.15, 0.2) is 0 Å². The Hall–Kier alpha value is -2.38. The van der Waals surface area contributed by atoms with Crippen LogP contribution in [0.2, 0.25) is 10.2 Å². The lowest BCUT2D eigenvalue weighted by Gasteiger charge is -2.05. The molecule has 0 bridgehead atoms. The van der Waals surface area contributed by atoms with E-state index in [-0.39, 0.29) is 6.54 Å². The summed E-state index contributed by atoms with van der Waals surface area (Å²) in [5, 5.41) is 12.6. The number of carbonyl (C=O) groups is 2. The number of hydrogen-bond donors (Lipinski definition) is 1. The van der Waals surface area contributed by atoms with Gasteiger partial charge >= 0.3 is 6.03 Å². The van der Waals surface area contributed by atoms with Crippen LogP contribution in [0.3, 0.4) is 0 Å². The van der Waals surface area contributed by atoms with Gasteiger partial charge in [-0.1, -0.05) is 35.3 Å². The van der Waals surface area contributed by atoms with E-state index < -0.39 is 11.9 Å². The Morgan fingerprint density at radius 1 is 1.29 bits per heavy atom. The second kappa shape index (κ2) is 6.62. The fourth-order valence-corrected chi connectivity index (χ4v) is 2.64. The van der Waals surface area contributed by atoms with E-state index in [2.05, 4.69) is 15.5 Å². The van der Waals surface area contributed by atoms with E-state index in [9.17, 15) is 9.59 Å². The number of nitrogens with one attached hydrogen (secondary N) is 1. The molecule has 1 aliphatic heterocycles. The minimum absolute atomic E-state index is 0.106. The summed E-state index contributed by atoms with van der Waals surface area (Å²) in [7, 11) is 0. The predicted octanol–water partition coefficient (Wildman–Crippen LogP) is 2.43. The van der Waals surface area contributed by atoms with Gasteiger partial charge in [-0.3, -0.25) is 10.1 Å². The Labute approximate surface area is 147 Å². The summed E-state index contributed by atoms with van der Waals surface area (Å²) in [6.45, 7) is 2.17. The number of amides is 3. The maximum Gasteiger partial charge on any atom is 0.344 e. The first kappa shape index (κ1) is 16.5. The van der Waals surface area contributed by atoms with Crippen LogP contribution in [0.1, 0.15) is 16.8 Å². The van der Waals surface area contributed by atoms with Crippen LogP contribution in [-0.2, 0) is 11.3 Å². The molecule has 0 radical (unpaired) electrons. The molecule has 2 aromatic rings. The third-order valence-corrected chi connectivity index (χ3v) is 4.11. The Morgan fingerprint density at radius 3 is 2.62 bits per heavy atom. The van der Waals surface area contributed by atoms with E-state index in [4.69, 9.17) is 23.2 Å². The third-order valence-electron chi connectivity index (χ3n) is 3.46. The molecular weight excluding hydrogens is 353 g/mol. The van der Waals surface area contributed by atoms with Gasteiger partial charge in [-0.15, -0.1) is 0 Å². The van der Waals surface area contributed by atoms with Crippen molar-refractivity contribution in [3.63, 3.8) is 0 Å². The second-order valence-corrected chi connectivity index (χ2v) is 6.02. The van der Waals surface area contributed by atoms with Crippen LogP contribution < -0.4 is 5.32 Å². The average Bonchev–Trinajstić information content (AvgIpc) is 2.99. The van der Waals surface area contributed by atoms with Gasteiger partial charge in [0.05, 0.1) is 24.0 Å². The van der Waals surface area contributed by atoms with Crippen LogP contribution in [0.5, 0.6) is 0 Å². The van der Waals surface area contributed by atoms with Gasteiger partial charge in [-0.2, -0.15) is 10.2 Å². The standard InChI is InChI=1S/C15H13Cl2N5O2/c1-9-12(6-18-22-8-13(23)19-15(22)24)14(17)21(20-9)7-10-2-4-11(16)5-3-10/h2-6H,7-8H2,1H3,(H,19,23,24)/b18-6+. The van der Waals surface area contributed by atoms with Gasteiger partial charge in [-0.05, 0) is 24.6 Å². The molecule has 1 aromatic carbocycles. The summed E-state index contributed by atoms with van der Waals surface area (Å²) in [5.41, 5.74) is 2.26. The van der Waals surface area contributed by atoms with Gasteiger partial charge in [-0.25, -0.2) is 14.5 Å². The van der Waals surface area contributed by atoms with Crippen LogP contribution in [0.25, 0.3) is 0 Å². The van der Waals surface area contributed by atoms with E-state index in [1.165, 1.54) is 6.21 Å². The second-order valence-electron chi connectivity index (χ2n) is 5.23. The number of aryl methyl sites for hydroxylation is 1. The van der Waals surface area contributed by atoms with Crippen molar-refractivity contribution >= 4 is 41.4 Å². The molecule has 1 saturated heterocycles. The zero-order valence-electron chi connectivity index (χ0n) is 12.7. The number of imide groups is 1. The summed E-state index contributed by atoms with van der Waals surface area (Å²) in [5.74, 6) is -0.390. The highest BCUT2D eigenvalue weighted by atomic mass is 35.5. The number of halogens is 2. The summed E-state index contributed by atoms with van der Waals surface area (Å²) in [4.78, 5) is 22.6. The van der Waals surface area contributed by atoms with Crippen LogP contribution >= 0.6 is 23.2 Å². The van der Waals surface area contributed by atoms with Crippen molar-refractivity contribution in [3.05, 3.63) is 51.3 Å². The quantitative estimate of drug-likeness (QED) is 0.667. The van der Waals surface area contributed by atoms with Crippen molar-refractivity contribution in [1.29, 1.82) is 0 Å². The zero-order chi connectivity index (χ0) is 17.3. The molecule has 124 valence electrons. The lowest BCUT2D eigenvalue weighted by atomic mass is 10.2. The summed E-state index contributed by atoms with van der Waals surface area (Å²) in [6, 6.07) is 6.82. The normalized spacial score (nSPS) is 14.7. The number of nitrogens with zero attached hydrogens (tertiary/aromatic N) is 4. The summed E-state index contributed by atoms with van der Waals surface area (Å²) < 4.78 is 1.64. The number of hydrazone groups is 1. The fraction of sp³-hybridized carbons (Fsp3) is 0.200. The van der Waals surface area contributed by atoms with Crippen molar-refractivity contribution in [1.82, 2.24) is 20.1 Å². The van der Waals surface area contributed by atoms with E-state index in [1.807, 2.05) is 12.1 Å². The lowest BCUT2D eigenvalue weighted by Crippen LogP contribution is -2.24. The van der Waals surface area contributed by atoms with Crippen molar-refractivity contribution in [2.75, 3.05) is 6.54 Å². The number of urea groups is 1. The van der Waals surface area contributed by atoms with Gasteiger partial charge in [0.1, 0.15) is 11.7 Å². The van der Waals surface area contributed by atoms with Crippen molar-refractivity contribution < 1.29 is 9.59 Å². The van der Waals surface area contributed by atoms with Gasteiger partial charge < -0.3 is 0 Å². The molecule has 3 amide bonds. The highest BCUT2D eigenvalue weighted by Gasteiger charge is 2.26. The molecule has 0 saturated carbocycles. The summed E-state index contributed by atoms with van der Waals surface area (Å²) in [6.07, 6.45) is 1.43. The Kier molecular flexibility index (Phi) is 4.55. The van der Waals surface area contributed by atoms with Crippen molar-refractivity contribution in [2.24, 2.45) is 5.10 Å². The predicted molar refractivity (Wildman–Crippen MR) is 90.4 cm³/mol. The molecule has 3 rings (SSSR count). The molecule has 2 heterocycles. The molecule has 1 N–H and O–H groups in total. The van der Waals surface area contributed by atoms with Gasteiger partial charge in [0.2, 0.25) is 5.91 Å². The van der Waals surface area contributed by atoms with Gasteiger partial charge in [0, 0.05) is 5.02 Å². The molecule has 1 fully saturated rings. The maximum atomic E-state index is 11.5. The smallest absolute Gasteiger partial charge is 0.275 e.